The van der Waals surface area contributed by atoms with Crippen molar-refractivity contribution in [2.45, 2.75) is 69.7 Å². The number of aromatic amines is 1. The van der Waals surface area contributed by atoms with Gasteiger partial charge in [0.15, 0.2) is 5.82 Å². The first-order valence-corrected chi connectivity index (χ1v) is 13.1. The predicted molar refractivity (Wildman–Crippen MR) is 132 cm³/mol. The Morgan fingerprint density at radius 2 is 1.91 bits per heavy atom. The largest absolute Gasteiger partial charge is 0.342 e. The van der Waals surface area contributed by atoms with Crippen molar-refractivity contribution in [3.8, 4) is 0 Å². The van der Waals surface area contributed by atoms with Crippen LogP contribution in [0.4, 0.5) is 17.6 Å². The van der Waals surface area contributed by atoms with E-state index < -0.39 is 0 Å². The Labute approximate surface area is 205 Å². The predicted octanol–water partition coefficient (Wildman–Crippen LogP) is 2.36. The summed E-state index contributed by atoms with van der Waals surface area (Å²) in [5, 5.41) is 11.2. The molecule has 35 heavy (non-hydrogen) atoms. The Morgan fingerprint density at radius 3 is 2.74 bits per heavy atom. The highest BCUT2D eigenvalue weighted by atomic mass is 16.2. The van der Waals surface area contributed by atoms with Gasteiger partial charge in [0, 0.05) is 49.9 Å². The van der Waals surface area contributed by atoms with Crippen LogP contribution in [0.25, 0.3) is 0 Å². The fourth-order valence-corrected chi connectivity index (χ4v) is 6.04. The van der Waals surface area contributed by atoms with Gasteiger partial charge in [0.25, 0.3) is 0 Å². The average Bonchev–Trinajstić information content (AvgIpc) is 3.67. The van der Waals surface area contributed by atoms with Crippen LogP contribution in [0.3, 0.4) is 0 Å². The van der Waals surface area contributed by atoms with Crippen LogP contribution in [0, 0.1) is 0 Å². The number of nitrogens with one attached hydrogen (secondary N) is 2. The third kappa shape index (κ3) is 4.23. The zero-order valence-corrected chi connectivity index (χ0v) is 20.4. The molecule has 2 N–H and O–H groups in total. The van der Waals surface area contributed by atoms with Gasteiger partial charge in [0.1, 0.15) is 11.9 Å². The normalized spacial score (nSPS) is 22.8. The van der Waals surface area contributed by atoms with Crippen molar-refractivity contribution in [1.82, 2.24) is 30.0 Å². The second-order valence-corrected chi connectivity index (χ2v) is 10.4. The Kier molecular flexibility index (Phi) is 5.82. The highest BCUT2D eigenvalue weighted by molar-refractivity contribution is 5.90. The van der Waals surface area contributed by atoms with Crippen LogP contribution in [0.2, 0.25) is 0 Å². The number of fused-ring (bicyclic) bond motifs is 1. The standard InChI is InChI=1S/C25H34N8O2/c1-31-12-13-32(15-22(31)34)24(35)20-10-5-11-33(20)25-26-18-9-4-8-17(18)23(28-25)27-21-14-19(29-30-21)16-6-2-3-7-16/h14,16,20H,2-13,15H2,1H3,(H2,26,27,28,29,30)/t20-/m0/s1. The van der Waals surface area contributed by atoms with Crippen LogP contribution in [0.5, 0.6) is 0 Å². The molecule has 0 unspecified atom stereocenters. The number of anilines is 3. The number of hydrogen-bond acceptors (Lipinski definition) is 7. The SMILES string of the molecule is CN1CCN(C(=O)[C@@H]2CCCN2c2nc3c(c(Nc4cc(C5CCCC5)[nH]n4)n2)CCC3)CC1=O. The number of nitrogens with zero attached hydrogens (tertiary/aromatic N) is 6. The fraction of sp³-hybridized carbons (Fsp3) is 0.640. The maximum absolute atomic E-state index is 13.4. The third-order valence-corrected chi connectivity index (χ3v) is 8.12. The summed E-state index contributed by atoms with van der Waals surface area (Å²) >= 11 is 0. The van der Waals surface area contributed by atoms with Gasteiger partial charge in [0.2, 0.25) is 17.8 Å². The summed E-state index contributed by atoms with van der Waals surface area (Å²) in [5.41, 5.74) is 3.42. The van der Waals surface area contributed by atoms with Crippen molar-refractivity contribution in [1.29, 1.82) is 0 Å². The van der Waals surface area contributed by atoms with Crippen LogP contribution < -0.4 is 10.2 Å². The zero-order chi connectivity index (χ0) is 23.9. The van der Waals surface area contributed by atoms with E-state index in [1.54, 1.807) is 16.8 Å². The van der Waals surface area contributed by atoms with Crippen LogP contribution in [-0.4, -0.2) is 81.0 Å². The minimum Gasteiger partial charge on any atom is -0.342 e. The monoisotopic (exact) mass is 478 g/mol. The molecule has 2 aromatic heterocycles. The summed E-state index contributed by atoms with van der Waals surface area (Å²) in [7, 11) is 1.79. The molecule has 10 heteroatoms. The van der Waals surface area contributed by atoms with E-state index in [0.717, 1.165) is 61.5 Å². The molecule has 6 rings (SSSR count). The van der Waals surface area contributed by atoms with E-state index >= 15 is 0 Å². The third-order valence-electron chi connectivity index (χ3n) is 8.12. The maximum atomic E-state index is 13.4. The van der Waals surface area contributed by atoms with Crippen LogP contribution in [0.1, 0.15) is 67.8 Å². The van der Waals surface area contributed by atoms with Crippen LogP contribution in [0.15, 0.2) is 6.07 Å². The first-order valence-electron chi connectivity index (χ1n) is 13.1. The minimum absolute atomic E-state index is 0.00890. The summed E-state index contributed by atoms with van der Waals surface area (Å²) in [6.07, 6.45) is 9.60. The number of hydrogen-bond donors (Lipinski definition) is 2. The van der Waals surface area contributed by atoms with Crippen LogP contribution in [-0.2, 0) is 22.4 Å². The molecule has 2 saturated heterocycles. The Balaban J connectivity index is 1.24. The molecule has 186 valence electrons. The Bertz CT molecular complexity index is 1120. The van der Waals surface area contributed by atoms with E-state index in [2.05, 4.69) is 21.6 Å². The number of likely N-dealkylation sites (N-methyl/N-ethyl adjacent to an activating group) is 1. The number of aryl methyl sites for hydroxylation is 1. The van der Waals surface area contributed by atoms with Crippen molar-refractivity contribution >= 4 is 29.4 Å². The number of H-pyrrole nitrogens is 1. The van der Waals surface area contributed by atoms with E-state index in [1.807, 2.05) is 4.90 Å². The lowest BCUT2D eigenvalue weighted by Crippen LogP contribution is -2.55. The summed E-state index contributed by atoms with van der Waals surface area (Å²) in [4.78, 5) is 40.9. The fourth-order valence-electron chi connectivity index (χ4n) is 6.04. The molecule has 0 bridgehead atoms. The van der Waals surface area contributed by atoms with Crippen molar-refractivity contribution in [2.24, 2.45) is 0 Å². The summed E-state index contributed by atoms with van der Waals surface area (Å²) in [6.45, 7) is 2.05. The molecule has 2 aromatic rings. The Hall–Kier alpha value is -3.17. The lowest BCUT2D eigenvalue weighted by atomic mass is 10.0. The van der Waals surface area contributed by atoms with E-state index in [-0.39, 0.29) is 24.4 Å². The molecule has 1 saturated carbocycles. The lowest BCUT2D eigenvalue weighted by molar-refractivity contribution is -0.144. The maximum Gasteiger partial charge on any atom is 0.245 e. The average molecular weight is 479 g/mol. The van der Waals surface area contributed by atoms with E-state index in [9.17, 15) is 9.59 Å². The minimum atomic E-state index is -0.321. The second-order valence-electron chi connectivity index (χ2n) is 10.4. The van der Waals surface area contributed by atoms with Crippen molar-refractivity contribution < 1.29 is 9.59 Å². The van der Waals surface area contributed by atoms with Gasteiger partial charge in [-0.2, -0.15) is 10.1 Å². The van der Waals surface area contributed by atoms with E-state index in [0.29, 0.717) is 25.0 Å². The smallest absolute Gasteiger partial charge is 0.245 e. The molecule has 2 aliphatic carbocycles. The quantitative estimate of drug-likeness (QED) is 0.679. The molecule has 10 nitrogen and oxygen atoms in total. The topological polar surface area (TPSA) is 110 Å². The summed E-state index contributed by atoms with van der Waals surface area (Å²) in [5.74, 6) is 2.77. The molecule has 4 aliphatic rings. The molecule has 4 heterocycles. The highest BCUT2D eigenvalue weighted by Gasteiger charge is 2.38. The molecular formula is C25H34N8O2. The molecule has 2 amide bonds. The number of piperazine rings is 1. The van der Waals surface area contributed by atoms with Crippen LogP contribution >= 0.6 is 0 Å². The van der Waals surface area contributed by atoms with E-state index in [1.165, 1.54) is 31.4 Å². The number of aromatic nitrogens is 4. The van der Waals surface area contributed by atoms with Crippen molar-refractivity contribution in [3.63, 3.8) is 0 Å². The van der Waals surface area contributed by atoms with E-state index in [4.69, 9.17) is 9.97 Å². The number of amides is 2. The summed E-state index contributed by atoms with van der Waals surface area (Å²) < 4.78 is 0. The first kappa shape index (κ1) is 22.3. The van der Waals surface area contributed by atoms with Gasteiger partial charge >= 0.3 is 0 Å². The van der Waals surface area contributed by atoms with Gasteiger partial charge in [-0.3, -0.25) is 14.7 Å². The lowest BCUT2D eigenvalue weighted by Gasteiger charge is -2.35. The van der Waals surface area contributed by atoms with Gasteiger partial charge in [-0.15, -0.1) is 0 Å². The van der Waals surface area contributed by atoms with Gasteiger partial charge in [-0.05, 0) is 44.9 Å². The summed E-state index contributed by atoms with van der Waals surface area (Å²) in [6, 6.07) is 1.80. The zero-order valence-electron chi connectivity index (χ0n) is 20.4. The van der Waals surface area contributed by atoms with Gasteiger partial charge in [0.05, 0.1) is 12.2 Å². The van der Waals surface area contributed by atoms with Gasteiger partial charge < -0.3 is 20.0 Å². The van der Waals surface area contributed by atoms with Gasteiger partial charge in [-0.25, -0.2) is 4.98 Å². The van der Waals surface area contributed by atoms with Gasteiger partial charge in [-0.1, -0.05) is 12.8 Å². The highest BCUT2D eigenvalue weighted by Crippen LogP contribution is 2.36. The van der Waals surface area contributed by atoms with Crippen molar-refractivity contribution in [3.05, 3.63) is 23.0 Å². The van der Waals surface area contributed by atoms with Crippen molar-refractivity contribution in [2.75, 3.05) is 43.4 Å². The Morgan fingerprint density at radius 1 is 1.06 bits per heavy atom. The number of carbonyl (C=O) groups excluding carboxylic acids is 2. The molecule has 0 radical (unpaired) electrons. The second kappa shape index (κ2) is 9.13. The molecule has 0 spiro atoms. The molecule has 0 aromatic carbocycles. The number of rotatable bonds is 5. The first-order chi connectivity index (χ1) is 17.1. The molecular weight excluding hydrogens is 444 g/mol. The molecule has 2 aliphatic heterocycles. The molecule has 3 fully saturated rings. The number of carbonyl (C=O) groups is 2. The molecule has 1 atom stereocenters.